The van der Waals surface area contributed by atoms with Crippen molar-refractivity contribution in [3.8, 4) is 6.01 Å². The van der Waals surface area contributed by atoms with Crippen molar-refractivity contribution in [3.63, 3.8) is 0 Å². The van der Waals surface area contributed by atoms with Crippen LogP contribution < -0.4 is 10.1 Å². The second-order valence-electron chi connectivity index (χ2n) is 4.13. The fourth-order valence-corrected chi connectivity index (χ4v) is 1.96. The van der Waals surface area contributed by atoms with Crippen molar-refractivity contribution in [1.82, 2.24) is 15.0 Å². The molecule has 0 aliphatic rings. The molecule has 2 rings (SSSR count). The lowest BCUT2D eigenvalue weighted by atomic mass is 10.3. The molecular weight excluding hydrogens is 351 g/mol. The monoisotopic (exact) mass is 360 g/mol. The highest BCUT2D eigenvalue weighted by atomic mass is 79.9. The number of nitrogens with zero attached hydrogens (tertiary/aromatic N) is 3. The molecule has 0 radical (unpaired) electrons. The molecule has 0 unspecified atom stereocenters. The van der Waals surface area contributed by atoms with Gasteiger partial charge in [-0.25, -0.2) is 4.39 Å². The van der Waals surface area contributed by atoms with Gasteiger partial charge in [0.15, 0.2) is 0 Å². The summed E-state index contributed by atoms with van der Waals surface area (Å²) in [5, 5.41) is 2.92. The van der Waals surface area contributed by atoms with Gasteiger partial charge in [0.25, 0.3) is 0 Å². The van der Waals surface area contributed by atoms with Crippen LogP contribution in [-0.4, -0.2) is 21.1 Å². The van der Waals surface area contributed by atoms with E-state index in [2.05, 4.69) is 36.2 Å². The summed E-state index contributed by atoms with van der Waals surface area (Å²) in [6.07, 6.45) is -0.0844. The van der Waals surface area contributed by atoms with Crippen LogP contribution in [0.1, 0.15) is 13.8 Å². The fourth-order valence-electron chi connectivity index (χ4n) is 1.36. The SMILES string of the molecule is CC(C)Oc1nc(Cl)nc(Nc2ccc(F)cc2Br)n1. The molecule has 0 atom stereocenters. The predicted molar refractivity (Wildman–Crippen MR) is 78.0 cm³/mol. The largest absolute Gasteiger partial charge is 0.461 e. The van der Waals surface area contributed by atoms with Crippen molar-refractivity contribution < 1.29 is 9.13 Å². The van der Waals surface area contributed by atoms with Crippen molar-refractivity contribution in [1.29, 1.82) is 0 Å². The number of halogens is 3. The van der Waals surface area contributed by atoms with Crippen LogP contribution in [0.4, 0.5) is 16.0 Å². The lowest BCUT2D eigenvalue weighted by molar-refractivity contribution is 0.222. The topological polar surface area (TPSA) is 59.9 Å². The molecule has 0 aliphatic carbocycles. The standard InChI is InChI=1S/C12H11BrClFN4O/c1-6(2)20-12-18-10(14)17-11(19-12)16-9-4-3-7(15)5-8(9)13/h3-6H,1-2H3,(H,16,17,18,19). The molecule has 20 heavy (non-hydrogen) atoms. The van der Waals surface area contributed by atoms with Gasteiger partial charge in [-0.2, -0.15) is 15.0 Å². The molecule has 0 amide bonds. The van der Waals surface area contributed by atoms with Crippen molar-refractivity contribution in [2.24, 2.45) is 0 Å². The van der Waals surface area contributed by atoms with E-state index >= 15 is 0 Å². The summed E-state index contributed by atoms with van der Waals surface area (Å²) >= 11 is 9.05. The first-order valence-corrected chi connectivity index (χ1v) is 6.91. The number of nitrogens with one attached hydrogen (secondary N) is 1. The van der Waals surface area contributed by atoms with Crippen LogP contribution >= 0.6 is 27.5 Å². The van der Waals surface area contributed by atoms with Gasteiger partial charge < -0.3 is 10.1 Å². The van der Waals surface area contributed by atoms with Crippen LogP contribution in [0, 0.1) is 5.82 Å². The number of hydrogen-bond donors (Lipinski definition) is 1. The Hall–Kier alpha value is -1.47. The molecule has 0 bridgehead atoms. The van der Waals surface area contributed by atoms with Crippen LogP contribution in [0.3, 0.4) is 0 Å². The average Bonchev–Trinajstić information content (AvgIpc) is 2.31. The van der Waals surface area contributed by atoms with E-state index < -0.39 is 0 Å². The Labute approximate surface area is 128 Å². The number of anilines is 2. The summed E-state index contributed by atoms with van der Waals surface area (Å²) < 4.78 is 18.9. The highest BCUT2D eigenvalue weighted by Crippen LogP contribution is 2.26. The Balaban J connectivity index is 2.26. The molecule has 0 fully saturated rings. The molecule has 0 saturated heterocycles. The minimum atomic E-state index is -0.347. The van der Waals surface area contributed by atoms with Crippen LogP contribution in [-0.2, 0) is 0 Å². The highest BCUT2D eigenvalue weighted by molar-refractivity contribution is 9.10. The number of benzene rings is 1. The minimum Gasteiger partial charge on any atom is -0.461 e. The number of rotatable bonds is 4. The molecule has 0 spiro atoms. The van der Waals surface area contributed by atoms with Gasteiger partial charge in [-0.3, -0.25) is 0 Å². The number of ether oxygens (including phenoxy) is 1. The Bertz CT molecular complexity index is 626. The van der Waals surface area contributed by atoms with Gasteiger partial charge in [0, 0.05) is 4.47 Å². The zero-order valence-electron chi connectivity index (χ0n) is 10.7. The zero-order chi connectivity index (χ0) is 14.7. The first kappa shape index (κ1) is 14.9. The van der Waals surface area contributed by atoms with Crippen LogP contribution in [0.15, 0.2) is 22.7 Å². The Morgan fingerprint density at radius 3 is 2.70 bits per heavy atom. The molecule has 5 nitrogen and oxygen atoms in total. The van der Waals surface area contributed by atoms with Crippen molar-refractivity contribution in [3.05, 3.63) is 33.8 Å². The summed E-state index contributed by atoms with van der Waals surface area (Å²) in [6, 6.07) is 4.33. The Kier molecular flexibility index (Phi) is 4.72. The van der Waals surface area contributed by atoms with Gasteiger partial charge in [-0.1, -0.05) is 0 Å². The van der Waals surface area contributed by atoms with Gasteiger partial charge in [0.2, 0.25) is 11.2 Å². The van der Waals surface area contributed by atoms with Gasteiger partial charge in [-0.05, 0) is 59.6 Å². The van der Waals surface area contributed by atoms with E-state index in [4.69, 9.17) is 16.3 Å². The molecule has 1 heterocycles. The van der Waals surface area contributed by atoms with E-state index in [1.165, 1.54) is 12.1 Å². The van der Waals surface area contributed by atoms with Gasteiger partial charge in [0.1, 0.15) is 5.82 Å². The lowest BCUT2D eigenvalue weighted by Gasteiger charge is -2.10. The predicted octanol–water partition coefficient (Wildman–Crippen LogP) is 3.96. The molecule has 1 aromatic carbocycles. The van der Waals surface area contributed by atoms with E-state index in [-0.39, 0.29) is 29.2 Å². The summed E-state index contributed by atoms with van der Waals surface area (Å²) in [5.74, 6) is -0.132. The minimum absolute atomic E-state index is 0.0105. The van der Waals surface area contributed by atoms with Crippen molar-refractivity contribution in [2.45, 2.75) is 20.0 Å². The molecular formula is C12H11BrClFN4O. The quantitative estimate of drug-likeness (QED) is 0.893. The normalized spacial score (nSPS) is 10.7. The van der Waals surface area contributed by atoms with Crippen LogP contribution in [0.2, 0.25) is 5.28 Å². The summed E-state index contributed by atoms with van der Waals surface area (Å²) in [6.45, 7) is 3.70. The molecule has 106 valence electrons. The second kappa shape index (κ2) is 6.32. The third-order valence-corrected chi connectivity index (χ3v) is 2.93. The second-order valence-corrected chi connectivity index (χ2v) is 5.32. The van der Waals surface area contributed by atoms with E-state index in [0.717, 1.165) is 0 Å². The highest BCUT2D eigenvalue weighted by Gasteiger charge is 2.09. The molecule has 8 heteroatoms. The first-order valence-electron chi connectivity index (χ1n) is 5.74. The maximum Gasteiger partial charge on any atom is 0.322 e. The fraction of sp³-hybridized carbons (Fsp3) is 0.250. The van der Waals surface area contributed by atoms with Crippen molar-refractivity contribution in [2.75, 3.05) is 5.32 Å². The molecule has 0 saturated carbocycles. The molecule has 0 aliphatic heterocycles. The maximum atomic E-state index is 13.0. The van der Waals surface area contributed by atoms with Crippen LogP contribution in [0.25, 0.3) is 0 Å². The number of hydrogen-bond acceptors (Lipinski definition) is 5. The Morgan fingerprint density at radius 2 is 2.05 bits per heavy atom. The van der Waals surface area contributed by atoms with Gasteiger partial charge >= 0.3 is 6.01 Å². The Morgan fingerprint density at radius 1 is 1.30 bits per heavy atom. The number of aromatic nitrogens is 3. The summed E-state index contributed by atoms with van der Waals surface area (Å²) in [4.78, 5) is 11.9. The smallest absolute Gasteiger partial charge is 0.322 e. The summed E-state index contributed by atoms with van der Waals surface area (Å²) in [7, 11) is 0. The molecule has 1 N–H and O–H groups in total. The lowest BCUT2D eigenvalue weighted by Crippen LogP contribution is -2.10. The van der Waals surface area contributed by atoms with E-state index in [1.807, 2.05) is 13.8 Å². The summed E-state index contributed by atoms with van der Waals surface area (Å²) in [5.41, 5.74) is 0.601. The molecule has 2 aromatic rings. The average molecular weight is 362 g/mol. The van der Waals surface area contributed by atoms with Gasteiger partial charge in [-0.15, -0.1) is 0 Å². The zero-order valence-corrected chi connectivity index (χ0v) is 13.0. The van der Waals surface area contributed by atoms with E-state index in [9.17, 15) is 4.39 Å². The van der Waals surface area contributed by atoms with E-state index in [0.29, 0.717) is 10.2 Å². The van der Waals surface area contributed by atoms with Crippen molar-refractivity contribution >= 4 is 39.2 Å². The third kappa shape index (κ3) is 4.01. The molecule has 1 aromatic heterocycles. The van der Waals surface area contributed by atoms with Crippen LogP contribution in [0.5, 0.6) is 6.01 Å². The maximum absolute atomic E-state index is 13.0. The van der Waals surface area contributed by atoms with E-state index in [1.54, 1.807) is 6.07 Å². The third-order valence-electron chi connectivity index (χ3n) is 2.11. The van der Waals surface area contributed by atoms with Gasteiger partial charge in [0.05, 0.1) is 11.8 Å². The first-order chi connectivity index (χ1) is 9.44.